The Balaban J connectivity index is 2.19. The molecule has 0 saturated carbocycles. The second-order valence-electron chi connectivity index (χ2n) is 5.86. The van der Waals surface area contributed by atoms with Crippen molar-refractivity contribution in [3.8, 4) is 0 Å². The van der Waals surface area contributed by atoms with E-state index >= 15 is 0 Å². The van der Waals surface area contributed by atoms with Crippen molar-refractivity contribution in [3.05, 3.63) is 29.8 Å². The van der Waals surface area contributed by atoms with Crippen molar-refractivity contribution in [2.75, 3.05) is 6.54 Å². The van der Waals surface area contributed by atoms with Gasteiger partial charge in [0.25, 0.3) is 0 Å². The molecule has 1 heterocycles. The molecule has 0 bridgehead atoms. The molecule has 21 heavy (non-hydrogen) atoms. The van der Waals surface area contributed by atoms with Gasteiger partial charge in [-0.05, 0) is 42.4 Å². The molecule has 0 amide bonds. The largest absolute Gasteiger partial charge is 0.244 e. The molecule has 2 atom stereocenters. The molecule has 2 unspecified atom stereocenters. The fourth-order valence-electron chi connectivity index (χ4n) is 2.68. The number of nitrogens with zero attached hydrogens (tertiary/aromatic N) is 1. The molecule has 0 aromatic heterocycles. The van der Waals surface area contributed by atoms with Crippen LogP contribution in [0.5, 0.6) is 0 Å². The van der Waals surface area contributed by atoms with E-state index in [2.05, 4.69) is 52.4 Å². The summed E-state index contributed by atoms with van der Waals surface area (Å²) >= 11 is 5.65. The number of alkyl halides is 2. The average Bonchev–Trinajstić information content (AvgIpc) is 2.46. The zero-order valence-corrected chi connectivity index (χ0v) is 16.9. The average molecular weight is 486 g/mol. The Bertz CT molecular complexity index is 574. The van der Waals surface area contributed by atoms with E-state index in [1.165, 1.54) is 0 Å². The van der Waals surface area contributed by atoms with Gasteiger partial charge in [-0.2, -0.15) is 4.31 Å². The summed E-state index contributed by atoms with van der Waals surface area (Å²) in [6.45, 7) is 5.06. The summed E-state index contributed by atoms with van der Waals surface area (Å²) in [4.78, 5) is 0.400. The number of halogens is 2. The highest BCUT2D eigenvalue weighted by atomic mass is 127. The maximum Gasteiger partial charge on any atom is 0.244 e. The van der Waals surface area contributed by atoms with Crippen molar-refractivity contribution >= 4 is 48.5 Å². The summed E-state index contributed by atoms with van der Waals surface area (Å²) in [6.07, 6.45) is 1.90. The standard InChI is InChI=1S/C15H21BrINO2S/c1-11(2)13-7-8-18(15(17)9-13)21(19,20)14-5-3-12(10-16)4-6-14/h3-6,11,13,15H,7-10H2,1-2H3. The normalized spacial score (nSPS) is 24.4. The number of piperidine rings is 1. The van der Waals surface area contributed by atoms with E-state index in [-0.39, 0.29) is 4.05 Å². The Kier molecular flexibility index (Phi) is 6.13. The number of hydrogen-bond acceptors (Lipinski definition) is 2. The number of benzene rings is 1. The molecule has 1 aromatic carbocycles. The van der Waals surface area contributed by atoms with E-state index in [1.807, 2.05) is 12.1 Å². The molecular weight excluding hydrogens is 465 g/mol. The third kappa shape index (κ3) is 4.00. The van der Waals surface area contributed by atoms with Crippen molar-refractivity contribution in [2.24, 2.45) is 11.8 Å². The van der Waals surface area contributed by atoms with Crippen LogP contribution in [0.3, 0.4) is 0 Å². The molecule has 6 heteroatoms. The summed E-state index contributed by atoms with van der Waals surface area (Å²) in [5.41, 5.74) is 1.08. The molecule has 0 radical (unpaired) electrons. The van der Waals surface area contributed by atoms with Crippen molar-refractivity contribution in [3.63, 3.8) is 0 Å². The van der Waals surface area contributed by atoms with Gasteiger partial charge in [0, 0.05) is 11.9 Å². The van der Waals surface area contributed by atoms with Crippen LogP contribution in [-0.4, -0.2) is 23.3 Å². The Morgan fingerprint density at radius 3 is 2.43 bits per heavy atom. The van der Waals surface area contributed by atoms with Gasteiger partial charge in [0.05, 0.1) is 8.94 Å². The first-order valence-corrected chi connectivity index (χ1v) is 11.0. The zero-order chi connectivity index (χ0) is 15.6. The smallest absolute Gasteiger partial charge is 0.207 e. The van der Waals surface area contributed by atoms with E-state index in [1.54, 1.807) is 16.4 Å². The van der Waals surface area contributed by atoms with Crippen molar-refractivity contribution in [2.45, 2.75) is 41.0 Å². The summed E-state index contributed by atoms with van der Waals surface area (Å²) in [5, 5.41) is 0.738. The first-order chi connectivity index (χ1) is 9.86. The first kappa shape index (κ1) is 17.7. The van der Waals surface area contributed by atoms with E-state index in [0.717, 1.165) is 23.7 Å². The highest BCUT2D eigenvalue weighted by Gasteiger charge is 2.36. The topological polar surface area (TPSA) is 37.4 Å². The van der Waals surface area contributed by atoms with Gasteiger partial charge in [-0.25, -0.2) is 8.42 Å². The van der Waals surface area contributed by atoms with E-state index in [4.69, 9.17) is 0 Å². The van der Waals surface area contributed by atoms with Crippen molar-refractivity contribution in [1.82, 2.24) is 4.31 Å². The number of hydrogen-bond donors (Lipinski definition) is 0. The lowest BCUT2D eigenvalue weighted by Crippen LogP contribution is -2.43. The molecule has 2 rings (SSSR count). The predicted molar refractivity (Wildman–Crippen MR) is 98.3 cm³/mol. The lowest BCUT2D eigenvalue weighted by Gasteiger charge is -2.37. The third-order valence-corrected chi connectivity index (χ3v) is 8.29. The minimum atomic E-state index is -3.37. The van der Waals surface area contributed by atoms with Gasteiger partial charge >= 0.3 is 0 Å². The fourth-order valence-corrected chi connectivity index (χ4v) is 6.37. The molecule has 1 aliphatic heterocycles. The molecule has 0 N–H and O–H groups in total. The minimum Gasteiger partial charge on any atom is -0.207 e. The Morgan fingerprint density at radius 2 is 1.95 bits per heavy atom. The number of sulfonamides is 1. The molecule has 1 fully saturated rings. The summed E-state index contributed by atoms with van der Waals surface area (Å²) in [6, 6.07) is 7.16. The van der Waals surface area contributed by atoms with E-state index in [9.17, 15) is 8.42 Å². The Morgan fingerprint density at radius 1 is 1.33 bits per heavy atom. The lowest BCUT2D eigenvalue weighted by molar-refractivity contribution is 0.217. The molecule has 0 spiro atoms. The minimum absolute atomic E-state index is 0.0459. The maximum absolute atomic E-state index is 12.8. The molecule has 1 aliphatic rings. The second kappa shape index (κ2) is 7.27. The Labute approximate surface area is 149 Å². The van der Waals surface area contributed by atoms with Crippen LogP contribution >= 0.6 is 38.5 Å². The highest BCUT2D eigenvalue weighted by molar-refractivity contribution is 14.1. The van der Waals surface area contributed by atoms with Crippen LogP contribution in [0.15, 0.2) is 29.2 Å². The van der Waals surface area contributed by atoms with Gasteiger partial charge in [0.2, 0.25) is 10.0 Å². The fraction of sp³-hybridized carbons (Fsp3) is 0.600. The lowest BCUT2D eigenvalue weighted by atomic mass is 9.87. The van der Waals surface area contributed by atoms with Crippen molar-refractivity contribution < 1.29 is 8.42 Å². The van der Waals surface area contributed by atoms with Gasteiger partial charge in [-0.15, -0.1) is 0 Å². The van der Waals surface area contributed by atoms with Gasteiger partial charge < -0.3 is 0 Å². The van der Waals surface area contributed by atoms with Crippen LogP contribution in [0.1, 0.15) is 32.3 Å². The van der Waals surface area contributed by atoms with Crippen LogP contribution in [0.2, 0.25) is 0 Å². The third-order valence-electron chi connectivity index (χ3n) is 4.16. The number of rotatable bonds is 4. The van der Waals surface area contributed by atoms with E-state index in [0.29, 0.717) is 23.3 Å². The van der Waals surface area contributed by atoms with Crippen LogP contribution in [0, 0.1) is 11.8 Å². The predicted octanol–water partition coefficient (Wildman–Crippen LogP) is 4.40. The molecule has 1 aromatic rings. The first-order valence-electron chi connectivity index (χ1n) is 7.17. The highest BCUT2D eigenvalue weighted by Crippen LogP contribution is 2.35. The van der Waals surface area contributed by atoms with Crippen LogP contribution in [0.4, 0.5) is 0 Å². The zero-order valence-electron chi connectivity index (χ0n) is 12.3. The molecule has 0 aliphatic carbocycles. The SMILES string of the molecule is CC(C)C1CCN(S(=O)(=O)c2ccc(CBr)cc2)C(I)C1. The maximum atomic E-state index is 12.8. The molecule has 1 saturated heterocycles. The quantitative estimate of drug-likeness (QED) is 0.360. The summed E-state index contributed by atoms with van der Waals surface area (Å²) in [7, 11) is -3.37. The molecule has 3 nitrogen and oxygen atoms in total. The van der Waals surface area contributed by atoms with Crippen LogP contribution in [0.25, 0.3) is 0 Å². The summed E-state index contributed by atoms with van der Waals surface area (Å²) < 4.78 is 27.3. The monoisotopic (exact) mass is 485 g/mol. The van der Waals surface area contributed by atoms with Gasteiger partial charge in [0.15, 0.2) is 0 Å². The summed E-state index contributed by atoms with van der Waals surface area (Å²) in [5.74, 6) is 1.24. The molecular formula is C15H21BrINO2S. The van der Waals surface area contributed by atoms with Gasteiger partial charge in [0.1, 0.15) is 0 Å². The van der Waals surface area contributed by atoms with Crippen LogP contribution < -0.4 is 0 Å². The molecule has 118 valence electrons. The van der Waals surface area contributed by atoms with Gasteiger partial charge in [-0.1, -0.05) is 64.5 Å². The van der Waals surface area contributed by atoms with Gasteiger partial charge in [-0.3, -0.25) is 0 Å². The van der Waals surface area contributed by atoms with Crippen molar-refractivity contribution in [1.29, 1.82) is 0 Å². The van der Waals surface area contributed by atoms with Crippen LogP contribution in [-0.2, 0) is 15.4 Å². The van der Waals surface area contributed by atoms with E-state index < -0.39 is 10.0 Å². The Hall–Kier alpha value is 0.340. The second-order valence-corrected chi connectivity index (χ2v) is 9.75.